The van der Waals surface area contributed by atoms with Gasteiger partial charge in [-0.2, -0.15) is 8.78 Å². The summed E-state index contributed by atoms with van der Waals surface area (Å²) in [7, 11) is 0. The molecule has 0 fully saturated rings. The Balaban J connectivity index is 2.93. The standard InChI is InChI=1S/C4H8F2O2/c1-3(7)2-8-4(5)6/h3-4,7H,2H2,1H3/t3-/m0/s1. The Morgan fingerprint density at radius 2 is 2.12 bits per heavy atom. The molecule has 1 atom stereocenters. The molecule has 0 bridgehead atoms. The van der Waals surface area contributed by atoms with E-state index in [0.717, 1.165) is 0 Å². The van der Waals surface area contributed by atoms with Crippen molar-refractivity contribution in [3.63, 3.8) is 0 Å². The summed E-state index contributed by atoms with van der Waals surface area (Å²) in [5.74, 6) is 0. The maximum Gasteiger partial charge on any atom is 0.345 e. The molecule has 0 aliphatic rings. The van der Waals surface area contributed by atoms with E-state index < -0.39 is 12.7 Å². The van der Waals surface area contributed by atoms with Gasteiger partial charge in [-0.05, 0) is 6.92 Å². The van der Waals surface area contributed by atoms with Gasteiger partial charge in [-0.15, -0.1) is 0 Å². The van der Waals surface area contributed by atoms with E-state index in [1.54, 1.807) is 0 Å². The van der Waals surface area contributed by atoms with E-state index in [1.165, 1.54) is 6.92 Å². The lowest BCUT2D eigenvalue weighted by atomic mass is 10.5. The van der Waals surface area contributed by atoms with Crippen LogP contribution >= 0.6 is 0 Å². The average Bonchev–Trinajstić information content (AvgIpc) is 1.61. The van der Waals surface area contributed by atoms with Gasteiger partial charge in [0.1, 0.15) is 0 Å². The number of aliphatic hydroxyl groups excluding tert-OH is 1. The summed E-state index contributed by atoms with van der Waals surface area (Å²) in [4.78, 5) is 0. The van der Waals surface area contributed by atoms with Gasteiger partial charge in [0, 0.05) is 0 Å². The number of ether oxygens (including phenoxy) is 1. The monoisotopic (exact) mass is 126 g/mol. The fourth-order valence-corrected chi connectivity index (χ4v) is 0.212. The molecule has 0 radical (unpaired) electrons. The van der Waals surface area contributed by atoms with Crippen molar-refractivity contribution in [3.05, 3.63) is 0 Å². The molecular weight excluding hydrogens is 118 g/mol. The molecule has 0 spiro atoms. The Bertz CT molecular complexity index is 48.0. The lowest BCUT2D eigenvalue weighted by Gasteiger charge is -2.02. The number of hydrogen-bond donors (Lipinski definition) is 1. The van der Waals surface area contributed by atoms with Crippen LogP contribution in [0.1, 0.15) is 6.92 Å². The summed E-state index contributed by atoms with van der Waals surface area (Å²) in [6.07, 6.45) is -0.816. The molecule has 1 N–H and O–H groups in total. The molecular formula is C4H8F2O2. The summed E-state index contributed by atoms with van der Waals surface area (Å²) in [6.45, 7) is -1.70. The third-order valence-electron chi connectivity index (χ3n) is 0.463. The minimum absolute atomic E-state index is 0.308. The molecule has 8 heavy (non-hydrogen) atoms. The van der Waals surface area contributed by atoms with Crippen LogP contribution in [0.5, 0.6) is 0 Å². The van der Waals surface area contributed by atoms with Crippen LogP contribution in [-0.2, 0) is 4.74 Å². The minimum atomic E-state index is -2.77. The SMILES string of the molecule is C[C@H](O)COC(F)F. The van der Waals surface area contributed by atoms with Crippen molar-refractivity contribution < 1.29 is 18.6 Å². The number of halogens is 2. The Labute approximate surface area is 46.1 Å². The highest BCUT2D eigenvalue weighted by molar-refractivity contribution is 4.38. The van der Waals surface area contributed by atoms with E-state index >= 15 is 0 Å². The fraction of sp³-hybridized carbons (Fsp3) is 1.00. The van der Waals surface area contributed by atoms with E-state index in [4.69, 9.17) is 5.11 Å². The van der Waals surface area contributed by atoms with Crippen LogP contribution in [0.3, 0.4) is 0 Å². The zero-order valence-corrected chi connectivity index (χ0v) is 4.47. The molecule has 0 aromatic rings. The van der Waals surface area contributed by atoms with Crippen LogP contribution < -0.4 is 0 Å². The van der Waals surface area contributed by atoms with Crippen molar-refractivity contribution in [2.45, 2.75) is 19.6 Å². The summed E-state index contributed by atoms with van der Waals surface area (Å²) >= 11 is 0. The molecule has 0 aliphatic heterocycles. The van der Waals surface area contributed by atoms with Crippen LogP contribution in [0.2, 0.25) is 0 Å². The first kappa shape index (κ1) is 7.78. The molecule has 0 rings (SSSR count). The Hall–Kier alpha value is -0.220. The second-order valence-electron chi connectivity index (χ2n) is 1.44. The molecule has 4 heteroatoms. The third kappa shape index (κ3) is 5.78. The summed E-state index contributed by atoms with van der Waals surface area (Å²) in [6, 6.07) is 0. The highest BCUT2D eigenvalue weighted by Crippen LogP contribution is 1.94. The first-order chi connectivity index (χ1) is 3.63. The van der Waals surface area contributed by atoms with Gasteiger partial charge in [-0.25, -0.2) is 0 Å². The molecule has 0 saturated heterocycles. The van der Waals surface area contributed by atoms with E-state index in [1.807, 2.05) is 0 Å². The topological polar surface area (TPSA) is 29.5 Å². The zero-order chi connectivity index (χ0) is 6.57. The minimum Gasteiger partial charge on any atom is -0.391 e. The van der Waals surface area contributed by atoms with Crippen LogP contribution in [0.4, 0.5) is 8.78 Å². The van der Waals surface area contributed by atoms with E-state index in [2.05, 4.69) is 4.74 Å². The van der Waals surface area contributed by atoms with Crippen molar-refractivity contribution in [1.29, 1.82) is 0 Å². The molecule has 0 aliphatic carbocycles. The van der Waals surface area contributed by atoms with E-state index in [9.17, 15) is 8.78 Å². The quantitative estimate of drug-likeness (QED) is 0.600. The summed E-state index contributed by atoms with van der Waals surface area (Å²) in [5.41, 5.74) is 0. The molecule has 0 aromatic heterocycles. The predicted octanol–water partition coefficient (Wildman–Crippen LogP) is 0.606. The number of rotatable bonds is 3. The number of aliphatic hydroxyl groups is 1. The van der Waals surface area contributed by atoms with Crippen molar-refractivity contribution in [2.24, 2.45) is 0 Å². The highest BCUT2D eigenvalue weighted by atomic mass is 19.3. The number of hydrogen-bond acceptors (Lipinski definition) is 2. The van der Waals surface area contributed by atoms with Crippen molar-refractivity contribution >= 4 is 0 Å². The second-order valence-corrected chi connectivity index (χ2v) is 1.44. The first-order valence-electron chi connectivity index (χ1n) is 2.20. The largest absolute Gasteiger partial charge is 0.391 e. The zero-order valence-electron chi connectivity index (χ0n) is 4.47. The molecule has 2 nitrogen and oxygen atoms in total. The predicted molar refractivity (Wildman–Crippen MR) is 23.6 cm³/mol. The maximum atomic E-state index is 11.1. The van der Waals surface area contributed by atoms with Crippen molar-refractivity contribution in [3.8, 4) is 0 Å². The van der Waals surface area contributed by atoms with Crippen molar-refractivity contribution in [2.75, 3.05) is 6.61 Å². The molecule has 0 amide bonds. The Kier molecular flexibility index (Phi) is 3.64. The van der Waals surface area contributed by atoms with Crippen molar-refractivity contribution in [1.82, 2.24) is 0 Å². The van der Waals surface area contributed by atoms with Gasteiger partial charge in [-0.1, -0.05) is 0 Å². The molecule has 0 saturated carbocycles. The lowest BCUT2D eigenvalue weighted by molar-refractivity contribution is -0.145. The van der Waals surface area contributed by atoms with Gasteiger partial charge < -0.3 is 9.84 Å². The van der Waals surface area contributed by atoms with Crippen LogP contribution in [0.25, 0.3) is 0 Å². The maximum absolute atomic E-state index is 11.1. The normalized spacial score (nSPS) is 14.6. The van der Waals surface area contributed by atoms with Gasteiger partial charge in [0.05, 0.1) is 12.7 Å². The summed E-state index contributed by atoms with van der Waals surface area (Å²) < 4.78 is 25.8. The first-order valence-corrected chi connectivity index (χ1v) is 2.20. The lowest BCUT2D eigenvalue weighted by Crippen LogP contribution is -2.12. The van der Waals surface area contributed by atoms with Gasteiger partial charge in [-0.3, -0.25) is 0 Å². The molecule has 0 aromatic carbocycles. The average molecular weight is 126 g/mol. The van der Waals surface area contributed by atoms with Gasteiger partial charge in [0.15, 0.2) is 0 Å². The van der Waals surface area contributed by atoms with E-state index in [0.29, 0.717) is 0 Å². The third-order valence-corrected chi connectivity index (χ3v) is 0.463. The second kappa shape index (κ2) is 3.74. The van der Waals surface area contributed by atoms with Gasteiger partial charge >= 0.3 is 6.61 Å². The smallest absolute Gasteiger partial charge is 0.345 e. The van der Waals surface area contributed by atoms with Crippen LogP contribution in [-0.4, -0.2) is 24.4 Å². The molecule has 0 heterocycles. The molecule has 50 valence electrons. The fourth-order valence-electron chi connectivity index (χ4n) is 0.212. The Morgan fingerprint density at radius 3 is 2.25 bits per heavy atom. The van der Waals surface area contributed by atoms with Gasteiger partial charge in [0.2, 0.25) is 0 Å². The molecule has 0 unspecified atom stereocenters. The highest BCUT2D eigenvalue weighted by Gasteiger charge is 2.02. The summed E-state index contributed by atoms with van der Waals surface area (Å²) in [5, 5.41) is 8.34. The van der Waals surface area contributed by atoms with Gasteiger partial charge in [0.25, 0.3) is 0 Å². The van der Waals surface area contributed by atoms with Crippen LogP contribution in [0, 0.1) is 0 Å². The number of alkyl halides is 2. The Morgan fingerprint density at radius 1 is 1.62 bits per heavy atom. The van der Waals surface area contributed by atoms with Crippen LogP contribution in [0.15, 0.2) is 0 Å². The van der Waals surface area contributed by atoms with E-state index in [-0.39, 0.29) is 6.61 Å².